The molecule has 0 aliphatic heterocycles. The van der Waals surface area contributed by atoms with Gasteiger partial charge in [-0.05, 0) is 23.1 Å². The lowest BCUT2D eigenvalue weighted by atomic mass is 9.92. The summed E-state index contributed by atoms with van der Waals surface area (Å²) in [5, 5.41) is 0. The van der Waals surface area contributed by atoms with E-state index in [1.165, 1.54) is 0 Å². The molecule has 0 unspecified atom stereocenters. The number of hydrogen-bond acceptors (Lipinski definition) is 1. The fraction of sp³-hybridized carbons (Fsp3) is 0.167. The molecule has 1 heteroatoms. The van der Waals surface area contributed by atoms with Crippen molar-refractivity contribution in [2.45, 2.75) is 19.8 Å². The van der Waals surface area contributed by atoms with Gasteiger partial charge in [0, 0.05) is 5.57 Å². The Kier molecular flexibility index (Phi) is 4.68. The minimum Gasteiger partial charge on any atom is -0.298 e. The van der Waals surface area contributed by atoms with Gasteiger partial charge in [0.25, 0.3) is 0 Å². The Balaban J connectivity index is 2.56. The van der Waals surface area contributed by atoms with Gasteiger partial charge in [0.05, 0.1) is 0 Å². The zero-order valence-corrected chi connectivity index (χ0v) is 11.2. The standard InChI is InChI=1S/C18H18O/c1-2-9-17(15-10-5-3-6-11-15)18(14-19)16-12-7-4-8-13-16/h3-8,10-14H,2,9H2,1H3. The van der Waals surface area contributed by atoms with Crippen LogP contribution in [0.25, 0.3) is 11.1 Å². The maximum Gasteiger partial charge on any atom is 0.150 e. The van der Waals surface area contributed by atoms with Crippen LogP contribution in [0, 0.1) is 0 Å². The number of aldehydes is 1. The molecule has 0 fully saturated rings. The van der Waals surface area contributed by atoms with E-state index >= 15 is 0 Å². The molecule has 0 heterocycles. The summed E-state index contributed by atoms with van der Waals surface area (Å²) in [6, 6.07) is 20.0. The summed E-state index contributed by atoms with van der Waals surface area (Å²) in [7, 11) is 0. The smallest absolute Gasteiger partial charge is 0.150 e. The van der Waals surface area contributed by atoms with E-state index in [0.29, 0.717) is 0 Å². The third-order valence-corrected chi connectivity index (χ3v) is 3.15. The van der Waals surface area contributed by atoms with E-state index in [4.69, 9.17) is 0 Å². The third kappa shape index (κ3) is 3.19. The van der Waals surface area contributed by atoms with Crippen LogP contribution < -0.4 is 0 Å². The SMILES string of the molecule is CCCC(=C(C=O)c1ccccc1)c1ccccc1. The van der Waals surface area contributed by atoms with Crippen molar-refractivity contribution in [3.63, 3.8) is 0 Å². The molecule has 0 atom stereocenters. The fourth-order valence-corrected chi connectivity index (χ4v) is 2.25. The summed E-state index contributed by atoms with van der Waals surface area (Å²) in [5.74, 6) is 0. The third-order valence-electron chi connectivity index (χ3n) is 3.15. The molecule has 96 valence electrons. The van der Waals surface area contributed by atoms with E-state index in [0.717, 1.165) is 41.4 Å². The summed E-state index contributed by atoms with van der Waals surface area (Å²) in [5.41, 5.74) is 4.05. The van der Waals surface area contributed by atoms with Crippen LogP contribution in [-0.2, 0) is 4.79 Å². The van der Waals surface area contributed by atoms with Crippen molar-refractivity contribution >= 4 is 17.4 Å². The van der Waals surface area contributed by atoms with Crippen molar-refractivity contribution in [3.05, 3.63) is 71.8 Å². The maximum atomic E-state index is 11.5. The highest BCUT2D eigenvalue weighted by atomic mass is 16.1. The number of allylic oxidation sites excluding steroid dienone is 2. The van der Waals surface area contributed by atoms with Crippen molar-refractivity contribution in [1.82, 2.24) is 0 Å². The number of rotatable bonds is 5. The number of carbonyl (C=O) groups excluding carboxylic acids is 1. The quantitative estimate of drug-likeness (QED) is 0.430. The van der Waals surface area contributed by atoms with E-state index < -0.39 is 0 Å². The van der Waals surface area contributed by atoms with Gasteiger partial charge in [-0.2, -0.15) is 0 Å². The van der Waals surface area contributed by atoms with Crippen LogP contribution in [0.2, 0.25) is 0 Å². The van der Waals surface area contributed by atoms with Crippen LogP contribution in [-0.4, -0.2) is 6.29 Å². The average molecular weight is 250 g/mol. The molecule has 2 aromatic rings. The Bertz CT molecular complexity index is 553. The van der Waals surface area contributed by atoms with Crippen LogP contribution in [0.3, 0.4) is 0 Å². The predicted octanol–water partition coefficient (Wildman–Crippen LogP) is 4.60. The molecule has 0 radical (unpaired) electrons. The first-order valence-corrected chi connectivity index (χ1v) is 6.66. The Morgan fingerprint density at radius 3 is 1.89 bits per heavy atom. The molecule has 2 aromatic carbocycles. The molecule has 0 saturated heterocycles. The molecule has 0 N–H and O–H groups in total. The molecule has 1 nitrogen and oxygen atoms in total. The van der Waals surface area contributed by atoms with Crippen molar-refractivity contribution in [2.75, 3.05) is 0 Å². The summed E-state index contributed by atoms with van der Waals surface area (Å²) in [4.78, 5) is 11.5. The van der Waals surface area contributed by atoms with Crippen molar-refractivity contribution in [2.24, 2.45) is 0 Å². The average Bonchev–Trinajstić information content (AvgIpc) is 2.49. The Morgan fingerprint density at radius 1 is 0.895 bits per heavy atom. The molecular formula is C18H18O. The van der Waals surface area contributed by atoms with Crippen LogP contribution in [0.1, 0.15) is 30.9 Å². The van der Waals surface area contributed by atoms with E-state index in [1.54, 1.807) is 0 Å². The molecule has 0 aliphatic rings. The summed E-state index contributed by atoms with van der Waals surface area (Å²) in [6.45, 7) is 2.14. The Hall–Kier alpha value is -2.15. The zero-order valence-electron chi connectivity index (χ0n) is 11.2. The van der Waals surface area contributed by atoms with E-state index in [-0.39, 0.29) is 0 Å². The highest BCUT2D eigenvalue weighted by molar-refractivity contribution is 6.17. The molecule has 19 heavy (non-hydrogen) atoms. The van der Waals surface area contributed by atoms with Gasteiger partial charge in [-0.1, -0.05) is 74.0 Å². The second-order valence-electron chi connectivity index (χ2n) is 4.49. The number of benzene rings is 2. The topological polar surface area (TPSA) is 17.1 Å². The van der Waals surface area contributed by atoms with Gasteiger partial charge in [0.2, 0.25) is 0 Å². The van der Waals surface area contributed by atoms with Gasteiger partial charge in [0.1, 0.15) is 0 Å². The lowest BCUT2D eigenvalue weighted by molar-refractivity contribution is -0.103. The molecule has 0 aliphatic carbocycles. The molecule has 0 saturated carbocycles. The van der Waals surface area contributed by atoms with Crippen LogP contribution in [0.4, 0.5) is 0 Å². The minimum absolute atomic E-state index is 0.800. The largest absolute Gasteiger partial charge is 0.298 e. The monoisotopic (exact) mass is 250 g/mol. The second-order valence-corrected chi connectivity index (χ2v) is 4.49. The van der Waals surface area contributed by atoms with Crippen LogP contribution in [0.5, 0.6) is 0 Å². The second kappa shape index (κ2) is 6.69. The van der Waals surface area contributed by atoms with E-state index in [9.17, 15) is 4.79 Å². The Labute approximate surface area is 114 Å². The highest BCUT2D eigenvalue weighted by Crippen LogP contribution is 2.28. The van der Waals surface area contributed by atoms with Gasteiger partial charge in [-0.3, -0.25) is 4.79 Å². The number of hydrogen-bond donors (Lipinski definition) is 0. The van der Waals surface area contributed by atoms with Crippen LogP contribution >= 0.6 is 0 Å². The molecular weight excluding hydrogens is 232 g/mol. The summed E-state index contributed by atoms with van der Waals surface area (Å²) >= 11 is 0. The highest BCUT2D eigenvalue weighted by Gasteiger charge is 2.09. The Morgan fingerprint density at radius 2 is 1.42 bits per heavy atom. The number of carbonyl (C=O) groups is 1. The first-order chi connectivity index (χ1) is 9.36. The van der Waals surface area contributed by atoms with Crippen molar-refractivity contribution in [1.29, 1.82) is 0 Å². The molecule has 0 amide bonds. The fourth-order valence-electron chi connectivity index (χ4n) is 2.25. The maximum absolute atomic E-state index is 11.5. The molecule has 0 aromatic heterocycles. The summed E-state index contributed by atoms with van der Waals surface area (Å²) in [6.07, 6.45) is 2.91. The minimum atomic E-state index is 0.800. The zero-order chi connectivity index (χ0) is 13.5. The molecule has 2 rings (SSSR count). The normalized spacial score (nSPS) is 11.8. The van der Waals surface area contributed by atoms with Crippen molar-refractivity contribution in [3.8, 4) is 0 Å². The van der Waals surface area contributed by atoms with Gasteiger partial charge in [-0.15, -0.1) is 0 Å². The lowest BCUT2D eigenvalue weighted by Crippen LogP contribution is -1.94. The predicted molar refractivity (Wildman–Crippen MR) is 80.7 cm³/mol. The first-order valence-electron chi connectivity index (χ1n) is 6.66. The van der Waals surface area contributed by atoms with Gasteiger partial charge < -0.3 is 0 Å². The van der Waals surface area contributed by atoms with Crippen molar-refractivity contribution < 1.29 is 4.79 Å². The molecule has 0 spiro atoms. The summed E-state index contributed by atoms with van der Waals surface area (Å²) < 4.78 is 0. The first kappa shape index (κ1) is 13.3. The van der Waals surface area contributed by atoms with Gasteiger partial charge in [0.15, 0.2) is 6.29 Å². The van der Waals surface area contributed by atoms with E-state index in [1.807, 2.05) is 48.5 Å². The lowest BCUT2D eigenvalue weighted by Gasteiger charge is -2.11. The van der Waals surface area contributed by atoms with E-state index in [2.05, 4.69) is 19.1 Å². The van der Waals surface area contributed by atoms with Gasteiger partial charge >= 0.3 is 0 Å². The molecule has 0 bridgehead atoms. The van der Waals surface area contributed by atoms with Gasteiger partial charge in [-0.25, -0.2) is 0 Å². The van der Waals surface area contributed by atoms with Crippen LogP contribution in [0.15, 0.2) is 60.7 Å².